The lowest BCUT2D eigenvalue weighted by Crippen LogP contribution is -2.51. The van der Waals surface area contributed by atoms with Crippen molar-refractivity contribution in [2.24, 2.45) is 46.3 Å². The lowest BCUT2D eigenvalue weighted by atomic mass is 9.47. The highest BCUT2D eigenvalue weighted by atomic mass is 35.5. The highest BCUT2D eigenvalue weighted by molar-refractivity contribution is 6.54. The van der Waals surface area contributed by atoms with E-state index in [1.54, 1.807) is 0 Å². The minimum absolute atomic E-state index is 0.102. The maximum absolute atomic E-state index is 13.3. The van der Waals surface area contributed by atoms with Crippen molar-refractivity contribution in [1.82, 2.24) is 0 Å². The number of hydrogen-bond donors (Lipinski definition) is 1. The molecule has 8 heteroatoms. The topological polar surface area (TPSA) is 63.6 Å². The van der Waals surface area contributed by atoms with Crippen LogP contribution >= 0.6 is 46.4 Å². The van der Waals surface area contributed by atoms with Crippen LogP contribution in [0.5, 0.6) is 0 Å². The number of carbonyl (C=O) groups excluding carboxylic acids is 1. The van der Waals surface area contributed by atoms with Crippen LogP contribution in [0.3, 0.4) is 0 Å². The number of fused-ring (bicyclic) bond motifs is 5. The molecular formula is C35H46Cl4O4. The molecule has 1 aromatic rings. The number of aromatic carboxylic acids is 1. The van der Waals surface area contributed by atoms with Crippen molar-refractivity contribution in [2.45, 2.75) is 111 Å². The van der Waals surface area contributed by atoms with Gasteiger partial charge < -0.3 is 9.84 Å². The highest BCUT2D eigenvalue weighted by Crippen LogP contribution is 2.67. The Morgan fingerprint density at radius 1 is 0.907 bits per heavy atom. The molecule has 0 aromatic heterocycles. The summed E-state index contributed by atoms with van der Waals surface area (Å²) >= 11 is 24.7. The molecule has 0 bridgehead atoms. The fourth-order valence-corrected chi connectivity index (χ4v) is 11.0. The van der Waals surface area contributed by atoms with Gasteiger partial charge in [0.25, 0.3) is 0 Å². The molecule has 4 nitrogen and oxygen atoms in total. The van der Waals surface area contributed by atoms with Gasteiger partial charge in [-0.05, 0) is 91.3 Å². The fourth-order valence-electron chi connectivity index (χ4n) is 9.99. The molecular weight excluding hydrogens is 626 g/mol. The van der Waals surface area contributed by atoms with Crippen LogP contribution in [0.15, 0.2) is 11.6 Å². The molecule has 1 aromatic carbocycles. The number of rotatable bonds is 8. The third-order valence-corrected chi connectivity index (χ3v) is 14.0. The van der Waals surface area contributed by atoms with Crippen molar-refractivity contribution in [3.63, 3.8) is 0 Å². The molecule has 8 atom stereocenters. The number of hydrogen-bond acceptors (Lipinski definition) is 3. The average molecular weight is 673 g/mol. The van der Waals surface area contributed by atoms with Crippen molar-refractivity contribution < 1.29 is 19.4 Å². The standard InChI is InChI=1S/C35H46Cl4O4/c1-18(2)7-6-8-19(3)23-11-12-24-22-10-9-20-17-21(13-15-34(20,4)25(22)14-16-35(23,24)5)43-33(42)27-26(32(40)41)28(36)30(38)31(39)29(27)37/h9,18-19,21-25H,6-8,10-17H2,1-5H3,(H,40,41)/t19-,21?,22+,23-,24+,25+,34+,35-/m1/s1. The second kappa shape index (κ2) is 12.7. The number of allylic oxidation sites excluding steroid dienone is 1. The van der Waals surface area contributed by atoms with Gasteiger partial charge in [0.05, 0.1) is 31.2 Å². The van der Waals surface area contributed by atoms with Gasteiger partial charge in [-0.3, -0.25) is 0 Å². The van der Waals surface area contributed by atoms with E-state index in [1.165, 1.54) is 50.5 Å². The van der Waals surface area contributed by atoms with Crippen molar-refractivity contribution in [1.29, 1.82) is 0 Å². The second-order valence-electron chi connectivity index (χ2n) is 14.9. The lowest BCUT2D eigenvalue weighted by Gasteiger charge is -2.58. The molecule has 1 unspecified atom stereocenters. The predicted octanol–water partition coefficient (Wildman–Crippen LogP) is 11.6. The Kier molecular flexibility index (Phi) is 9.86. The molecule has 3 saturated carbocycles. The van der Waals surface area contributed by atoms with Crippen LogP contribution in [-0.4, -0.2) is 23.1 Å². The number of esters is 1. The maximum atomic E-state index is 13.3. The first-order chi connectivity index (χ1) is 20.2. The van der Waals surface area contributed by atoms with Gasteiger partial charge in [0.1, 0.15) is 6.10 Å². The highest BCUT2D eigenvalue weighted by Gasteiger charge is 2.59. The first-order valence-electron chi connectivity index (χ1n) is 16.2. The Labute approximate surface area is 277 Å². The maximum Gasteiger partial charge on any atom is 0.340 e. The zero-order chi connectivity index (χ0) is 31.4. The third-order valence-electron chi connectivity index (χ3n) is 12.2. The van der Waals surface area contributed by atoms with Crippen molar-refractivity contribution >= 4 is 58.3 Å². The van der Waals surface area contributed by atoms with Crippen LogP contribution in [0, 0.1) is 46.3 Å². The fraction of sp³-hybridized carbons (Fsp3) is 0.714. The molecule has 5 rings (SSSR count). The molecule has 4 aliphatic rings. The summed E-state index contributed by atoms with van der Waals surface area (Å²) in [6.45, 7) is 12.2. The normalized spacial score (nSPS) is 34.2. The molecule has 0 saturated heterocycles. The third kappa shape index (κ3) is 5.90. The summed E-state index contributed by atoms with van der Waals surface area (Å²) in [7, 11) is 0. The van der Waals surface area contributed by atoms with E-state index in [-0.39, 0.29) is 37.2 Å². The molecule has 1 N–H and O–H groups in total. The minimum Gasteiger partial charge on any atom is -0.478 e. The van der Waals surface area contributed by atoms with Crippen LogP contribution in [0.25, 0.3) is 0 Å². The predicted molar refractivity (Wildman–Crippen MR) is 176 cm³/mol. The number of benzene rings is 1. The van der Waals surface area contributed by atoms with Crippen molar-refractivity contribution in [3.05, 3.63) is 42.9 Å². The number of ether oxygens (including phenoxy) is 1. The Morgan fingerprint density at radius 2 is 1.58 bits per heavy atom. The van der Waals surface area contributed by atoms with E-state index in [4.69, 9.17) is 51.1 Å². The molecule has 0 spiro atoms. The summed E-state index contributed by atoms with van der Waals surface area (Å²) in [5.74, 6) is 2.31. The average Bonchev–Trinajstić information content (AvgIpc) is 3.30. The van der Waals surface area contributed by atoms with Gasteiger partial charge in [0, 0.05) is 6.42 Å². The van der Waals surface area contributed by atoms with E-state index in [0.29, 0.717) is 17.8 Å². The molecule has 238 valence electrons. The van der Waals surface area contributed by atoms with E-state index < -0.39 is 17.5 Å². The molecule has 43 heavy (non-hydrogen) atoms. The number of halogens is 4. The first kappa shape index (κ1) is 33.4. The lowest BCUT2D eigenvalue weighted by molar-refractivity contribution is -0.0594. The van der Waals surface area contributed by atoms with E-state index in [1.807, 2.05) is 0 Å². The molecule has 0 amide bonds. The summed E-state index contributed by atoms with van der Waals surface area (Å²) in [4.78, 5) is 25.3. The van der Waals surface area contributed by atoms with Crippen LogP contribution in [-0.2, 0) is 4.74 Å². The summed E-state index contributed by atoms with van der Waals surface area (Å²) < 4.78 is 5.91. The van der Waals surface area contributed by atoms with Gasteiger partial charge in [-0.15, -0.1) is 0 Å². The number of carbonyl (C=O) groups is 2. The largest absolute Gasteiger partial charge is 0.478 e. The van der Waals surface area contributed by atoms with Crippen LogP contribution in [0.4, 0.5) is 0 Å². The second-order valence-corrected chi connectivity index (χ2v) is 16.4. The Morgan fingerprint density at radius 3 is 2.23 bits per heavy atom. The van der Waals surface area contributed by atoms with E-state index in [2.05, 4.69) is 40.7 Å². The van der Waals surface area contributed by atoms with Gasteiger partial charge in [-0.2, -0.15) is 0 Å². The van der Waals surface area contributed by atoms with Crippen molar-refractivity contribution in [3.8, 4) is 0 Å². The summed E-state index contributed by atoms with van der Waals surface area (Å²) in [6.07, 6.45) is 14.8. The smallest absolute Gasteiger partial charge is 0.340 e. The zero-order valence-electron chi connectivity index (χ0n) is 26.1. The minimum atomic E-state index is -1.42. The monoisotopic (exact) mass is 670 g/mol. The Hall–Kier alpha value is -0.940. The Bertz CT molecular complexity index is 1310. The molecule has 0 aliphatic heterocycles. The van der Waals surface area contributed by atoms with Gasteiger partial charge in [0.15, 0.2) is 0 Å². The summed E-state index contributed by atoms with van der Waals surface area (Å²) in [5, 5.41) is 8.83. The van der Waals surface area contributed by atoms with Crippen molar-refractivity contribution in [2.75, 3.05) is 0 Å². The molecule has 0 radical (unpaired) electrons. The van der Waals surface area contributed by atoms with Gasteiger partial charge in [-0.1, -0.05) is 112 Å². The SMILES string of the molecule is CC(C)CCC[C@@H](C)[C@H]1CC[C@H]2[C@@H]3CC=C4CC(OC(=O)c5c(Cl)c(Cl)c(Cl)c(Cl)c5C(=O)O)CC[C@]4(C)[C@H]3CC[C@]12C. The summed E-state index contributed by atoms with van der Waals surface area (Å²) in [6, 6.07) is 0. The first-order valence-corrected chi connectivity index (χ1v) is 17.7. The zero-order valence-corrected chi connectivity index (χ0v) is 29.1. The van der Waals surface area contributed by atoms with Gasteiger partial charge >= 0.3 is 11.9 Å². The number of carboxylic acid groups (broad SMARTS) is 1. The molecule has 3 fully saturated rings. The van der Waals surface area contributed by atoms with E-state index >= 15 is 0 Å². The number of carboxylic acids is 1. The Balaban J connectivity index is 1.30. The van der Waals surface area contributed by atoms with Crippen LogP contribution < -0.4 is 0 Å². The van der Waals surface area contributed by atoms with Gasteiger partial charge in [0.2, 0.25) is 0 Å². The van der Waals surface area contributed by atoms with E-state index in [0.717, 1.165) is 48.9 Å². The van der Waals surface area contributed by atoms with Gasteiger partial charge in [-0.25, -0.2) is 9.59 Å². The van der Waals surface area contributed by atoms with E-state index in [9.17, 15) is 14.7 Å². The molecule has 4 aliphatic carbocycles. The quantitative estimate of drug-likeness (QED) is 0.129. The van der Waals surface area contributed by atoms with Crippen LogP contribution in [0.2, 0.25) is 20.1 Å². The summed E-state index contributed by atoms with van der Waals surface area (Å²) in [5.41, 5.74) is 1.09. The van der Waals surface area contributed by atoms with Crippen LogP contribution in [0.1, 0.15) is 126 Å². The molecule has 0 heterocycles.